The predicted octanol–water partition coefficient (Wildman–Crippen LogP) is 0.709. The third kappa shape index (κ3) is 1.46. The summed E-state index contributed by atoms with van der Waals surface area (Å²) in [6.45, 7) is 1.27. The van der Waals surface area contributed by atoms with Gasteiger partial charge in [-0.25, -0.2) is 0 Å². The number of rotatable bonds is 2. The number of fused-ring (bicyclic) bond motifs is 1. The standard InChI is InChI=1S/C10H13NO2/c11-10(4-12)8-3-1-2-7-5-13-6-9(7)8/h1-3,10,12H,4-6,11H2/t10-/m1/s1. The van der Waals surface area contributed by atoms with Crippen LogP contribution < -0.4 is 5.73 Å². The maximum atomic E-state index is 8.95. The highest BCUT2D eigenvalue weighted by Gasteiger charge is 2.17. The lowest BCUT2D eigenvalue weighted by molar-refractivity contribution is 0.134. The molecule has 70 valence electrons. The van der Waals surface area contributed by atoms with Crippen LogP contribution in [0.1, 0.15) is 22.7 Å². The molecule has 0 aliphatic carbocycles. The molecule has 3 N–H and O–H groups in total. The van der Waals surface area contributed by atoms with Gasteiger partial charge in [0.15, 0.2) is 0 Å². The van der Waals surface area contributed by atoms with Gasteiger partial charge in [0.25, 0.3) is 0 Å². The molecule has 0 radical (unpaired) electrons. The molecule has 0 amide bonds. The van der Waals surface area contributed by atoms with Crippen LogP contribution in [-0.4, -0.2) is 11.7 Å². The molecular weight excluding hydrogens is 166 g/mol. The number of aliphatic hydroxyl groups is 1. The van der Waals surface area contributed by atoms with Crippen LogP contribution in [0.15, 0.2) is 18.2 Å². The SMILES string of the molecule is N[C@H](CO)c1cccc2c1COC2. The highest BCUT2D eigenvalue weighted by molar-refractivity contribution is 5.38. The van der Waals surface area contributed by atoms with E-state index in [0.717, 1.165) is 11.1 Å². The van der Waals surface area contributed by atoms with Gasteiger partial charge in [-0.05, 0) is 16.7 Å². The molecule has 1 aromatic rings. The van der Waals surface area contributed by atoms with Crippen LogP contribution in [0.5, 0.6) is 0 Å². The lowest BCUT2D eigenvalue weighted by atomic mass is 9.98. The molecule has 1 heterocycles. The van der Waals surface area contributed by atoms with Gasteiger partial charge in [-0.3, -0.25) is 0 Å². The first-order valence-corrected chi connectivity index (χ1v) is 4.37. The van der Waals surface area contributed by atoms with Crippen LogP contribution in [0.25, 0.3) is 0 Å². The first-order valence-electron chi connectivity index (χ1n) is 4.37. The Kier molecular flexibility index (Phi) is 2.31. The minimum atomic E-state index is -0.281. The van der Waals surface area contributed by atoms with Gasteiger partial charge in [-0.15, -0.1) is 0 Å². The number of nitrogens with two attached hydrogens (primary N) is 1. The molecule has 0 aromatic heterocycles. The van der Waals surface area contributed by atoms with E-state index in [-0.39, 0.29) is 12.6 Å². The highest BCUT2D eigenvalue weighted by atomic mass is 16.5. The lowest BCUT2D eigenvalue weighted by Gasteiger charge is -2.12. The lowest BCUT2D eigenvalue weighted by Crippen LogP contribution is -2.16. The van der Waals surface area contributed by atoms with Gasteiger partial charge in [-0.2, -0.15) is 0 Å². The average molecular weight is 179 g/mol. The van der Waals surface area contributed by atoms with Gasteiger partial charge in [0.2, 0.25) is 0 Å². The van der Waals surface area contributed by atoms with Gasteiger partial charge >= 0.3 is 0 Å². The Morgan fingerprint density at radius 3 is 3.08 bits per heavy atom. The molecule has 3 nitrogen and oxygen atoms in total. The summed E-state index contributed by atoms with van der Waals surface area (Å²) in [5, 5.41) is 8.95. The van der Waals surface area contributed by atoms with Crippen LogP contribution in [-0.2, 0) is 18.0 Å². The second-order valence-electron chi connectivity index (χ2n) is 3.27. The van der Waals surface area contributed by atoms with Gasteiger partial charge in [-0.1, -0.05) is 18.2 Å². The highest BCUT2D eigenvalue weighted by Crippen LogP contribution is 2.26. The van der Waals surface area contributed by atoms with Crippen LogP contribution in [0.2, 0.25) is 0 Å². The molecule has 1 aromatic carbocycles. The summed E-state index contributed by atoms with van der Waals surface area (Å²) in [6.07, 6.45) is 0. The molecule has 1 aliphatic heterocycles. The van der Waals surface area contributed by atoms with E-state index < -0.39 is 0 Å². The molecule has 0 bridgehead atoms. The van der Waals surface area contributed by atoms with Crippen molar-refractivity contribution in [2.45, 2.75) is 19.3 Å². The summed E-state index contributed by atoms with van der Waals surface area (Å²) >= 11 is 0. The summed E-state index contributed by atoms with van der Waals surface area (Å²) in [4.78, 5) is 0. The normalized spacial score (nSPS) is 17.1. The second-order valence-corrected chi connectivity index (χ2v) is 3.27. The summed E-state index contributed by atoms with van der Waals surface area (Å²) in [7, 11) is 0. The van der Waals surface area contributed by atoms with E-state index in [0.29, 0.717) is 13.2 Å². The zero-order chi connectivity index (χ0) is 9.26. The van der Waals surface area contributed by atoms with E-state index in [1.54, 1.807) is 0 Å². The minimum Gasteiger partial charge on any atom is -0.394 e. The number of hydrogen-bond donors (Lipinski definition) is 2. The fourth-order valence-electron chi connectivity index (χ4n) is 1.67. The van der Waals surface area contributed by atoms with Gasteiger partial charge < -0.3 is 15.6 Å². The van der Waals surface area contributed by atoms with Crippen molar-refractivity contribution in [3.8, 4) is 0 Å². The third-order valence-electron chi connectivity index (χ3n) is 2.41. The first-order chi connectivity index (χ1) is 6.33. The van der Waals surface area contributed by atoms with Gasteiger partial charge in [0.05, 0.1) is 25.9 Å². The van der Waals surface area contributed by atoms with Crippen LogP contribution in [0, 0.1) is 0 Å². The van der Waals surface area contributed by atoms with Crippen molar-refractivity contribution in [3.05, 3.63) is 34.9 Å². The molecule has 0 fully saturated rings. The first kappa shape index (κ1) is 8.69. The van der Waals surface area contributed by atoms with E-state index in [2.05, 4.69) is 0 Å². The van der Waals surface area contributed by atoms with Crippen molar-refractivity contribution >= 4 is 0 Å². The van der Waals surface area contributed by atoms with Crippen molar-refractivity contribution in [2.75, 3.05) is 6.61 Å². The predicted molar refractivity (Wildman–Crippen MR) is 48.9 cm³/mol. The van der Waals surface area contributed by atoms with Crippen molar-refractivity contribution in [1.82, 2.24) is 0 Å². The number of hydrogen-bond acceptors (Lipinski definition) is 3. The van der Waals surface area contributed by atoms with Crippen molar-refractivity contribution in [1.29, 1.82) is 0 Å². The maximum absolute atomic E-state index is 8.95. The maximum Gasteiger partial charge on any atom is 0.0728 e. The van der Waals surface area contributed by atoms with E-state index >= 15 is 0 Å². The van der Waals surface area contributed by atoms with E-state index in [1.807, 2.05) is 18.2 Å². The number of ether oxygens (including phenoxy) is 1. The molecule has 0 saturated heterocycles. The Morgan fingerprint density at radius 2 is 2.31 bits per heavy atom. The summed E-state index contributed by atoms with van der Waals surface area (Å²) in [5.74, 6) is 0. The van der Waals surface area contributed by atoms with E-state index in [9.17, 15) is 0 Å². The average Bonchev–Trinajstić information content (AvgIpc) is 2.63. The summed E-state index contributed by atoms with van der Waals surface area (Å²) in [6, 6.07) is 5.67. The molecule has 1 atom stereocenters. The fraction of sp³-hybridized carbons (Fsp3) is 0.400. The Hall–Kier alpha value is -0.900. The Morgan fingerprint density at radius 1 is 1.46 bits per heavy atom. The minimum absolute atomic E-state index is 0.0174. The number of aliphatic hydroxyl groups excluding tert-OH is 1. The van der Waals surface area contributed by atoms with Crippen LogP contribution in [0.3, 0.4) is 0 Å². The van der Waals surface area contributed by atoms with Crippen LogP contribution in [0.4, 0.5) is 0 Å². The fourth-order valence-corrected chi connectivity index (χ4v) is 1.67. The Labute approximate surface area is 77.1 Å². The quantitative estimate of drug-likeness (QED) is 0.703. The zero-order valence-corrected chi connectivity index (χ0v) is 7.36. The monoisotopic (exact) mass is 179 g/mol. The second kappa shape index (κ2) is 3.46. The smallest absolute Gasteiger partial charge is 0.0728 e. The van der Waals surface area contributed by atoms with Gasteiger partial charge in [0.1, 0.15) is 0 Å². The largest absolute Gasteiger partial charge is 0.394 e. The van der Waals surface area contributed by atoms with Crippen molar-refractivity contribution in [2.24, 2.45) is 5.73 Å². The van der Waals surface area contributed by atoms with E-state index in [1.165, 1.54) is 5.56 Å². The Balaban J connectivity index is 2.41. The Bertz CT molecular complexity index is 312. The van der Waals surface area contributed by atoms with Crippen molar-refractivity contribution < 1.29 is 9.84 Å². The molecule has 3 heteroatoms. The number of benzene rings is 1. The van der Waals surface area contributed by atoms with Crippen LogP contribution >= 0.6 is 0 Å². The van der Waals surface area contributed by atoms with Gasteiger partial charge in [0, 0.05) is 0 Å². The molecule has 0 saturated carbocycles. The molecule has 2 rings (SSSR count). The summed E-state index contributed by atoms with van der Waals surface area (Å²) < 4.78 is 5.31. The third-order valence-corrected chi connectivity index (χ3v) is 2.41. The van der Waals surface area contributed by atoms with Crippen molar-refractivity contribution in [3.63, 3.8) is 0 Å². The molecule has 13 heavy (non-hydrogen) atoms. The molecular formula is C10H13NO2. The molecule has 1 aliphatic rings. The summed E-state index contributed by atoms with van der Waals surface area (Å²) in [5.41, 5.74) is 9.13. The van der Waals surface area contributed by atoms with E-state index in [4.69, 9.17) is 15.6 Å². The molecule has 0 unspecified atom stereocenters. The zero-order valence-electron chi connectivity index (χ0n) is 7.36. The topological polar surface area (TPSA) is 55.5 Å². The molecule has 0 spiro atoms.